The first kappa shape index (κ1) is 14.9. The molecule has 1 aromatic carbocycles. The van der Waals surface area contributed by atoms with Crippen LogP contribution in [-0.4, -0.2) is 45.4 Å². The van der Waals surface area contributed by atoms with Crippen molar-refractivity contribution >= 4 is 0 Å². The normalized spacial score (nSPS) is 10.9. The first-order valence-corrected chi connectivity index (χ1v) is 5.95. The van der Waals surface area contributed by atoms with Crippen molar-refractivity contribution in [2.75, 3.05) is 40.5 Å². The van der Waals surface area contributed by atoms with Crippen molar-refractivity contribution in [3.8, 4) is 5.75 Å². The fourth-order valence-electron chi connectivity index (χ4n) is 1.70. The number of benzene rings is 1. The first-order chi connectivity index (χ1) is 8.71. The van der Waals surface area contributed by atoms with Gasteiger partial charge in [-0.3, -0.25) is 4.90 Å². The lowest BCUT2D eigenvalue weighted by Crippen LogP contribution is -2.32. The lowest BCUT2D eigenvalue weighted by Gasteiger charge is -2.21. The van der Waals surface area contributed by atoms with Gasteiger partial charge in [0.15, 0.2) is 0 Å². The van der Waals surface area contributed by atoms with E-state index in [0.717, 1.165) is 13.1 Å². The molecule has 0 radical (unpaired) electrons. The number of hydrogen-bond donors (Lipinski definition) is 1. The molecular formula is C13H21FN2O2. The Labute approximate surface area is 107 Å². The summed E-state index contributed by atoms with van der Waals surface area (Å²) in [5.41, 5.74) is 6.18. The van der Waals surface area contributed by atoms with Crippen LogP contribution < -0.4 is 10.5 Å². The van der Waals surface area contributed by atoms with Crippen LogP contribution in [0.1, 0.15) is 5.56 Å². The van der Waals surface area contributed by atoms with Gasteiger partial charge in [-0.25, -0.2) is 4.39 Å². The largest absolute Gasteiger partial charge is 0.497 e. The molecule has 0 spiro atoms. The Morgan fingerprint density at radius 3 is 2.61 bits per heavy atom. The molecule has 0 fully saturated rings. The molecule has 0 amide bonds. The predicted octanol–water partition coefficient (Wildman–Crippen LogP) is 1.24. The van der Waals surface area contributed by atoms with Gasteiger partial charge in [0.25, 0.3) is 0 Å². The minimum atomic E-state index is -0.256. The molecule has 4 nitrogen and oxygen atoms in total. The Kier molecular flexibility index (Phi) is 6.64. The Balaban J connectivity index is 2.67. The Bertz CT molecular complexity index is 361. The predicted molar refractivity (Wildman–Crippen MR) is 69.2 cm³/mol. The summed E-state index contributed by atoms with van der Waals surface area (Å²) >= 11 is 0. The highest BCUT2D eigenvalue weighted by molar-refractivity contribution is 5.28. The molecular weight excluding hydrogens is 235 g/mol. The summed E-state index contributed by atoms with van der Waals surface area (Å²) in [5.74, 6) is 0.271. The Morgan fingerprint density at radius 1 is 1.28 bits per heavy atom. The van der Waals surface area contributed by atoms with Crippen LogP contribution in [0.25, 0.3) is 0 Å². The van der Waals surface area contributed by atoms with Crippen LogP contribution in [0.15, 0.2) is 18.2 Å². The van der Waals surface area contributed by atoms with E-state index >= 15 is 0 Å². The van der Waals surface area contributed by atoms with Crippen LogP contribution in [0.3, 0.4) is 0 Å². The van der Waals surface area contributed by atoms with Crippen molar-refractivity contribution in [2.45, 2.75) is 6.54 Å². The SMILES string of the molecule is COCCN(CCN)Cc1ccc(OC)cc1F. The van der Waals surface area contributed by atoms with E-state index in [1.807, 2.05) is 0 Å². The van der Waals surface area contributed by atoms with Gasteiger partial charge in [0.05, 0.1) is 13.7 Å². The summed E-state index contributed by atoms with van der Waals surface area (Å²) < 4.78 is 23.8. The molecule has 2 N–H and O–H groups in total. The van der Waals surface area contributed by atoms with Gasteiger partial charge in [0, 0.05) is 44.9 Å². The third kappa shape index (κ3) is 4.60. The van der Waals surface area contributed by atoms with Gasteiger partial charge in [0.2, 0.25) is 0 Å². The van der Waals surface area contributed by atoms with Crippen molar-refractivity contribution in [3.63, 3.8) is 0 Å². The zero-order chi connectivity index (χ0) is 13.4. The van der Waals surface area contributed by atoms with E-state index in [9.17, 15) is 4.39 Å². The van der Waals surface area contributed by atoms with E-state index in [-0.39, 0.29) is 5.82 Å². The highest BCUT2D eigenvalue weighted by Gasteiger charge is 2.09. The van der Waals surface area contributed by atoms with Crippen LogP contribution in [0, 0.1) is 5.82 Å². The number of hydrogen-bond acceptors (Lipinski definition) is 4. The maximum Gasteiger partial charge on any atom is 0.131 e. The lowest BCUT2D eigenvalue weighted by molar-refractivity contribution is 0.145. The number of nitrogens with zero attached hydrogens (tertiary/aromatic N) is 1. The standard InChI is InChI=1S/C13H21FN2O2/c1-17-8-7-16(6-5-15)10-11-3-4-12(18-2)9-13(11)14/h3-4,9H,5-8,10,15H2,1-2H3. The number of methoxy groups -OCH3 is 2. The van der Waals surface area contributed by atoms with Gasteiger partial charge < -0.3 is 15.2 Å². The van der Waals surface area contributed by atoms with Crippen LogP contribution in [0.2, 0.25) is 0 Å². The van der Waals surface area contributed by atoms with Crippen LogP contribution in [-0.2, 0) is 11.3 Å². The lowest BCUT2D eigenvalue weighted by atomic mass is 10.2. The number of rotatable bonds is 8. The van der Waals surface area contributed by atoms with Gasteiger partial charge >= 0.3 is 0 Å². The molecule has 0 unspecified atom stereocenters. The van der Waals surface area contributed by atoms with Gasteiger partial charge in [-0.2, -0.15) is 0 Å². The molecule has 0 bridgehead atoms. The highest BCUT2D eigenvalue weighted by atomic mass is 19.1. The summed E-state index contributed by atoms with van der Waals surface area (Å²) in [4.78, 5) is 2.06. The molecule has 102 valence electrons. The number of halogens is 1. The van der Waals surface area contributed by atoms with E-state index in [0.29, 0.717) is 31.0 Å². The van der Waals surface area contributed by atoms with Crippen molar-refractivity contribution in [1.29, 1.82) is 0 Å². The molecule has 0 saturated heterocycles. The smallest absolute Gasteiger partial charge is 0.131 e. The molecule has 0 aliphatic carbocycles. The fraction of sp³-hybridized carbons (Fsp3) is 0.538. The topological polar surface area (TPSA) is 47.7 Å². The second-order valence-corrected chi connectivity index (χ2v) is 4.01. The molecule has 1 rings (SSSR count). The molecule has 5 heteroatoms. The number of nitrogens with two attached hydrogens (primary N) is 1. The quantitative estimate of drug-likeness (QED) is 0.760. The van der Waals surface area contributed by atoms with E-state index in [1.165, 1.54) is 13.2 Å². The van der Waals surface area contributed by atoms with Gasteiger partial charge in [0.1, 0.15) is 11.6 Å². The van der Waals surface area contributed by atoms with Crippen molar-refractivity contribution in [3.05, 3.63) is 29.6 Å². The Morgan fingerprint density at radius 2 is 2.06 bits per heavy atom. The summed E-state index contributed by atoms with van der Waals surface area (Å²) in [7, 11) is 3.17. The molecule has 0 aliphatic heterocycles. The van der Waals surface area contributed by atoms with E-state index in [4.69, 9.17) is 15.2 Å². The molecule has 0 heterocycles. The van der Waals surface area contributed by atoms with Gasteiger partial charge in [-0.05, 0) is 6.07 Å². The molecule has 0 aliphatic rings. The van der Waals surface area contributed by atoms with Gasteiger partial charge in [-0.15, -0.1) is 0 Å². The summed E-state index contributed by atoms with van der Waals surface area (Å²) in [6.07, 6.45) is 0. The maximum absolute atomic E-state index is 13.8. The van der Waals surface area contributed by atoms with Gasteiger partial charge in [-0.1, -0.05) is 6.07 Å². The zero-order valence-electron chi connectivity index (χ0n) is 11.0. The third-order valence-electron chi connectivity index (χ3n) is 2.71. The minimum absolute atomic E-state index is 0.256. The Hall–Kier alpha value is -1.17. The summed E-state index contributed by atoms with van der Waals surface area (Å²) in [6, 6.07) is 4.89. The van der Waals surface area contributed by atoms with Crippen LogP contribution in [0.4, 0.5) is 4.39 Å². The van der Waals surface area contributed by atoms with Crippen molar-refractivity contribution in [1.82, 2.24) is 4.90 Å². The minimum Gasteiger partial charge on any atom is -0.497 e. The molecule has 1 aromatic rings. The average Bonchev–Trinajstić information content (AvgIpc) is 2.38. The second-order valence-electron chi connectivity index (χ2n) is 4.01. The van der Waals surface area contributed by atoms with Crippen LogP contribution >= 0.6 is 0 Å². The zero-order valence-corrected chi connectivity index (χ0v) is 11.0. The fourth-order valence-corrected chi connectivity index (χ4v) is 1.70. The number of ether oxygens (including phenoxy) is 2. The molecule has 18 heavy (non-hydrogen) atoms. The van der Waals surface area contributed by atoms with Crippen molar-refractivity contribution < 1.29 is 13.9 Å². The molecule has 0 atom stereocenters. The van der Waals surface area contributed by atoms with E-state index < -0.39 is 0 Å². The van der Waals surface area contributed by atoms with E-state index in [2.05, 4.69) is 4.90 Å². The van der Waals surface area contributed by atoms with Crippen LogP contribution in [0.5, 0.6) is 5.75 Å². The van der Waals surface area contributed by atoms with Crippen molar-refractivity contribution in [2.24, 2.45) is 5.73 Å². The average molecular weight is 256 g/mol. The summed E-state index contributed by atoms with van der Waals surface area (Å²) in [5, 5.41) is 0. The summed E-state index contributed by atoms with van der Waals surface area (Å²) in [6.45, 7) is 3.13. The second kappa shape index (κ2) is 8.02. The molecule has 0 aromatic heterocycles. The maximum atomic E-state index is 13.8. The monoisotopic (exact) mass is 256 g/mol. The molecule has 0 saturated carbocycles. The first-order valence-electron chi connectivity index (χ1n) is 5.95. The third-order valence-corrected chi connectivity index (χ3v) is 2.71. The van der Waals surface area contributed by atoms with E-state index in [1.54, 1.807) is 19.2 Å². The highest BCUT2D eigenvalue weighted by Crippen LogP contribution is 2.17.